The Kier molecular flexibility index (Phi) is 4.44. The van der Waals surface area contributed by atoms with Crippen LogP contribution in [-0.2, 0) is 4.79 Å². The summed E-state index contributed by atoms with van der Waals surface area (Å²) in [5.74, 6) is 0.508. The maximum atomic E-state index is 12.3. The van der Waals surface area contributed by atoms with E-state index in [-0.39, 0.29) is 5.91 Å². The van der Waals surface area contributed by atoms with Crippen LogP contribution in [-0.4, -0.2) is 43.0 Å². The first-order valence-corrected chi connectivity index (χ1v) is 8.10. The molecule has 0 bridgehead atoms. The molecule has 0 spiro atoms. The average Bonchev–Trinajstić information content (AvgIpc) is 2.91. The molecule has 0 saturated carbocycles. The maximum absolute atomic E-state index is 12.3. The number of nitrogens with one attached hydrogen (secondary N) is 2. The van der Waals surface area contributed by atoms with Gasteiger partial charge in [0.25, 0.3) is 0 Å². The number of fused-ring (bicyclic) bond motifs is 1. The van der Waals surface area contributed by atoms with E-state index in [2.05, 4.69) is 40.7 Å². The Bertz CT molecular complexity index is 503. The lowest BCUT2D eigenvalue weighted by Gasteiger charge is -2.32. The summed E-state index contributed by atoms with van der Waals surface area (Å²) < 4.78 is 0. The standard InChI is InChI=1S/C17H25N3O/c1-2-20-9-5-6-14(12-20)19-17(21)10-13-11-18-16-8-4-3-7-15(13)16/h3-4,7-8,13-14,18H,2,5-6,9-12H2,1H3,(H,19,21). The minimum atomic E-state index is 0.196. The first kappa shape index (κ1) is 14.4. The fourth-order valence-corrected chi connectivity index (χ4v) is 3.51. The Balaban J connectivity index is 1.53. The van der Waals surface area contributed by atoms with E-state index >= 15 is 0 Å². The summed E-state index contributed by atoms with van der Waals surface area (Å²) in [5, 5.41) is 6.62. The van der Waals surface area contributed by atoms with Crippen LogP contribution in [0, 0.1) is 0 Å². The van der Waals surface area contributed by atoms with Crippen molar-refractivity contribution in [2.24, 2.45) is 0 Å². The molecule has 21 heavy (non-hydrogen) atoms. The van der Waals surface area contributed by atoms with Crippen molar-refractivity contribution < 1.29 is 4.79 Å². The molecule has 2 atom stereocenters. The first-order chi connectivity index (χ1) is 10.3. The van der Waals surface area contributed by atoms with Crippen LogP contribution in [0.25, 0.3) is 0 Å². The number of nitrogens with zero attached hydrogens (tertiary/aromatic N) is 1. The molecule has 0 aromatic heterocycles. The Hall–Kier alpha value is -1.55. The molecule has 2 unspecified atom stereocenters. The third-order valence-electron chi connectivity index (χ3n) is 4.69. The van der Waals surface area contributed by atoms with Gasteiger partial charge in [0.05, 0.1) is 0 Å². The molecule has 0 radical (unpaired) electrons. The molecule has 1 aromatic rings. The highest BCUT2D eigenvalue weighted by atomic mass is 16.1. The van der Waals surface area contributed by atoms with Gasteiger partial charge in [0.15, 0.2) is 0 Å². The van der Waals surface area contributed by atoms with E-state index in [0.717, 1.165) is 26.1 Å². The third kappa shape index (κ3) is 3.38. The Morgan fingerprint density at radius 3 is 3.14 bits per heavy atom. The molecule has 4 nitrogen and oxygen atoms in total. The highest BCUT2D eigenvalue weighted by Gasteiger charge is 2.26. The fraction of sp³-hybridized carbons (Fsp3) is 0.588. The smallest absolute Gasteiger partial charge is 0.220 e. The molecule has 0 aliphatic carbocycles. The average molecular weight is 287 g/mol. The van der Waals surface area contributed by atoms with Crippen molar-refractivity contribution in [2.45, 2.75) is 38.1 Å². The second-order valence-corrected chi connectivity index (χ2v) is 6.17. The van der Waals surface area contributed by atoms with E-state index in [1.54, 1.807) is 0 Å². The number of para-hydroxylation sites is 1. The molecular formula is C17H25N3O. The molecule has 3 rings (SSSR count). The lowest BCUT2D eigenvalue weighted by Crippen LogP contribution is -2.47. The summed E-state index contributed by atoms with van der Waals surface area (Å²) in [6, 6.07) is 8.64. The van der Waals surface area contributed by atoms with Gasteiger partial charge in [0, 0.05) is 37.2 Å². The molecular weight excluding hydrogens is 262 g/mol. The predicted molar refractivity (Wildman–Crippen MR) is 85.6 cm³/mol. The highest BCUT2D eigenvalue weighted by Crippen LogP contribution is 2.33. The van der Waals surface area contributed by atoms with E-state index in [0.29, 0.717) is 18.4 Å². The largest absolute Gasteiger partial charge is 0.384 e. The Labute approximate surface area is 126 Å². The van der Waals surface area contributed by atoms with Gasteiger partial charge in [-0.25, -0.2) is 0 Å². The number of benzene rings is 1. The van der Waals surface area contributed by atoms with Crippen LogP contribution in [0.2, 0.25) is 0 Å². The molecule has 114 valence electrons. The van der Waals surface area contributed by atoms with E-state index in [9.17, 15) is 4.79 Å². The van der Waals surface area contributed by atoms with Gasteiger partial charge in [-0.3, -0.25) is 4.79 Å². The van der Waals surface area contributed by atoms with Gasteiger partial charge in [0.1, 0.15) is 0 Å². The molecule has 1 fully saturated rings. The Morgan fingerprint density at radius 2 is 2.29 bits per heavy atom. The molecule has 2 aliphatic rings. The van der Waals surface area contributed by atoms with Crippen LogP contribution in [0.1, 0.15) is 37.7 Å². The van der Waals surface area contributed by atoms with Crippen molar-refractivity contribution in [1.82, 2.24) is 10.2 Å². The van der Waals surface area contributed by atoms with Crippen molar-refractivity contribution in [3.8, 4) is 0 Å². The molecule has 1 saturated heterocycles. The molecule has 2 aliphatic heterocycles. The van der Waals surface area contributed by atoms with E-state index < -0.39 is 0 Å². The molecule has 2 N–H and O–H groups in total. The van der Waals surface area contributed by atoms with Crippen molar-refractivity contribution >= 4 is 11.6 Å². The number of hydrogen-bond acceptors (Lipinski definition) is 3. The Morgan fingerprint density at radius 1 is 1.43 bits per heavy atom. The van der Waals surface area contributed by atoms with Crippen LogP contribution in [0.4, 0.5) is 5.69 Å². The summed E-state index contributed by atoms with van der Waals surface area (Å²) >= 11 is 0. The molecule has 1 aromatic carbocycles. The number of likely N-dealkylation sites (N-methyl/N-ethyl adjacent to an activating group) is 1. The normalized spacial score (nSPS) is 25.2. The second kappa shape index (κ2) is 6.48. The van der Waals surface area contributed by atoms with Crippen LogP contribution in [0.5, 0.6) is 0 Å². The van der Waals surface area contributed by atoms with Gasteiger partial charge >= 0.3 is 0 Å². The number of anilines is 1. The van der Waals surface area contributed by atoms with Gasteiger partial charge in [-0.05, 0) is 37.6 Å². The minimum Gasteiger partial charge on any atom is -0.384 e. The lowest BCUT2D eigenvalue weighted by molar-refractivity contribution is -0.122. The van der Waals surface area contributed by atoms with Crippen molar-refractivity contribution in [2.75, 3.05) is 31.5 Å². The molecule has 1 amide bonds. The van der Waals surface area contributed by atoms with Gasteiger partial charge in [0.2, 0.25) is 5.91 Å². The summed E-state index contributed by atoms with van der Waals surface area (Å²) in [7, 11) is 0. The molecule has 2 heterocycles. The maximum Gasteiger partial charge on any atom is 0.220 e. The summed E-state index contributed by atoms with van der Waals surface area (Å²) in [4.78, 5) is 14.7. The minimum absolute atomic E-state index is 0.196. The predicted octanol–water partition coefficient (Wildman–Crippen LogP) is 2.19. The van der Waals surface area contributed by atoms with Gasteiger partial charge in [-0.2, -0.15) is 0 Å². The number of hydrogen-bond donors (Lipinski definition) is 2. The van der Waals surface area contributed by atoms with Crippen molar-refractivity contribution in [3.63, 3.8) is 0 Å². The van der Waals surface area contributed by atoms with Gasteiger partial charge < -0.3 is 15.5 Å². The van der Waals surface area contributed by atoms with Crippen molar-refractivity contribution in [3.05, 3.63) is 29.8 Å². The summed E-state index contributed by atoms with van der Waals surface area (Å²) in [6.45, 7) is 6.31. The monoisotopic (exact) mass is 287 g/mol. The van der Waals surface area contributed by atoms with E-state index in [4.69, 9.17) is 0 Å². The van der Waals surface area contributed by atoms with Crippen LogP contribution in [0.15, 0.2) is 24.3 Å². The quantitative estimate of drug-likeness (QED) is 0.892. The lowest BCUT2D eigenvalue weighted by atomic mass is 9.97. The third-order valence-corrected chi connectivity index (χ3v) is 4.69. The second-order valence-electron chi connectivity index (χ2n) is 6.17. The zero-order valence-electron chi connectivity index (χ0n) is 12.8. The first-order valence-electron chi connectivity index (χ1n) is 8.10. The number of piperidine rings is 1. The number of amides is 1. The van der Waals surface area contributed by atoms with Crippen molar-refractivity contribution in [1.29, 1.82) is 0 Å². The number of likely N-dealkylation sites (tertiary alicyclic amines) is 1. The number of carbonyl (C=O) groups is 1. The summed E-state index contributed by atoms with van der Waals surface area (Å²) in [5.41, 5.74) is 2.47. The van der Waals surface area contributed by atoms with E-state index in [1.807, 2.05) is 6.07 Å². The van der Waals surface area contributed by atoms with Crippen LogP contribution < -0.4 is 10.6 Å². The van der Waals surface area contributed by atoms with Gasteiger partial charge in [-0.1, -0.05) is 25.1 Å². The zero-order chi connectivity index (χ0) is 14.7. The fourth-order valence-electron chi connectivity index (χ4n) is 3.51. The molecule has 4 heteroatoms. The van der Waals surface area contributed by atoms with E-state index in [1.165, 1.54) is 24.2 Å². The van der Waals surface area contributed by atoms with Gasteiger partial charge in [-0.15, -0.1) is 0 Å². The highest BCUT2D eigenvalue weighted by molar-refractivity contribution is 5.78. The van der Waals surface area contributed by atoms with Crippen LogP contribution in [0.3, 0.4) is 0 Å². The zero-order valence-corrected chi connectivity index (χ0v) is 12.8. The topological polar surface area (TPSA) is 44.4 Å². The van der Waals surface area contributed by atoms with Crippen LogP contribution >= 0.6 is 0 Å². The number of rotatable bonds is 4. The summed E-state index contributed by atoms with van der Waals surface area (Å²) in [6.07, 6.45) is 2.89. The SMILES string of the molecule is CCN1CCCC(NC(=O)CC2CNc3ccccc32)C1. The number of carbonyl (C=O) groups excluding carboxylic acids is 1.